The molecule has 1 aliphatic heterocycles. The summed E-state index contributed by atoms with van der Waals surface area (Å²) < 4.78 is 2.01. The zero-order valence-corrected chi connectivity index (χ0v) is 14.8. The largest absolute Gasteiger partial charge is 0.354 e. The van der Waals surface area contributed by atoms with Crippen molar-refractivity contribution in [1.29, 1.82) is 0 Å². The highest BCUT2D eigenvalue weighted by molar-refractivity contribution is 8.01. The molecule has 0 unspecified atom stereocenters. The summed E-state index contributed by atoms with van der Waals surface area (Å²) in [6.45, 7) is 1.13. The van der Waals surface area contributed by atoms with Gasteiger partial charge in [0.2, 0.25) is 11.8 Å². The first-order valence-electron chi connectivity index (χ1n) is 8.44. The van der Waals surface area contributed by atoms with Crippen molar-refractivity contribution in [2.24, 2.45) is 0 Å². The van der Waals surface area contributed by atoms with Crippen LogP contribution in [0.25, 0.3) is 11.0 Å². The third-order valence-corrected chi connectivity index (χ3v) is 5.55. The first-order chi connectivity index (χ1) is 12.7. The molecule has 0 spiro atoms. The number of nitrogens with one attached hydrogen (secondary N) is 2. The molecule has 3 aromatic rings. The second-order valence-electron chi connectivity index (χ2n) is 6.07. The number of fused-ring (bicyclic) bond motifs is 2. The molecule has 1 aliphatic rings. The standard InChI is InChI=1S/C19H18N4O2S/c24-18(11-17-19(25)22-14-6-2-4-8-16(14)26-17)20-9-10-23-12-21-13-5-1-3-7-15(13)23/h1-8,12,17H,9-11H2,(H,20,24)(H,22,25)/t17-/m0/s1. The minimum atomic E-state index is -0.404. The van der Waals surface area contributed by atoms with Crippen molar-refractivity contribution in [2.75, 3.05) is 11.9 Å². The summed E-state index contributed by atoms with van der Waals surface area (Å²) in [6.07, 6.45) is 1.94. The summed E-state index contributed by atoms with van der Waals surface area (Å²) in [5, 5.41) is 5.35. The average molecular weight is 366 g/mol. The number of hydrogen-bond donors (Lipinski definition) is 2. The number of carbonyl (C=O) groups is 2. The Hall–Kier alpha value is -2.80. The Morgan fingerprint density at radius 2 is 2.00 bits per heavy atom. The number of aromatic nitrogens is 2. The quantitative estimate of drug-likeness (QED) is 0.728. The second kappa shape index (κ2) is 7.21. The number of nitrogens with zero attached hydrogens (tertiary/aromatic N) is 2. The van der Waals surface area contributed by atoms with E-state index in [9.17, 15) is 9.59 Å². The number of anilines is 1. The molecule has 2 heterocycles. The van der Waals surface area contributed by atoms with Gasteiger partial charge in [-0.1, -0.05) is 24.3 Å². The predicted molar refractivity (Wildman–Crippen MR) is 102 cm³/mol. The molecule has 132 valence electrons. The second-order valence-corrected chi connectivity index (χ2v) is 7.32. The smallest absolute Gasteiger partial charge is 0.238 e. The SMILES string of the molecule is O=C(C[C@@H]1Sc2ccccc2NC1=O)NCCn1cnc2ccccc21. The molecule has 0 saturated carbocycles. The summed E-state index contributed by atoms with van der Waals surface area (Å²) >= 11 is 1.44. The van der Waals surface area contributed by atoms with Gasteiger partial charge < -0.3 is 15.2 Å². The van der Waals surface area contributed by atoms with Crippen LogP contribution in [0.1, 0.15) is 6.42 Å². The molecule has 0 aliphatic carbocycles. The van der Waals surface area contributed by atoms with E-state index in [1.807, 2.05) is 53.1 Å². The van der Waals surface area contributed by atoms with Crippen molar-refractivity contribution in [2.45, 2.75) is 23.1 Å². The fourth-order valence-electron chi connectivity index (χ4n) is 2.97. The lowest BCUT2D eigenvalue weighted by atomic mass is 10.2. The molecule has 4 rings (SSSR count). The number of para-hydroxylation sites is 3. The Kier molecular flexibility index (Phi) is 4.62. The van der Waals surface area contributed by atoms with Crippen molar-refractivity contribution < 1.29 is 9.59 Å². The van der Waals surface area contributed by atoms with Gasteiger partial charge in [-0.25, -0.2) is 4.98 Å². The molecule has 2 amide bonds. The van der Waals surface area contributed by atoms with Crippen LogP contribution in [-0.4, -0.2) is 33.2 Å². The zero-order chi connectivity index (χ0) is 17.9. The molecule has 1 atom stereocenters. The maximum atomic E-state index is 12.2. The fraction of sp³-hybridized carbons (Fsp3) is 0.211. The van der Waals surface area contributed by atoms with E-state index in [-0.39, 0.29) is 18.2 Å². The normalized spacial score (nSPS) is 16.2. The van der Waals surface area contributed by atoms with E-state index in [0.29, 0.717) is 13.1 Å². The Morgan fingerprint density at radius 3 is 2.92 bits per heavy atom. The number of carbonyl (C=O) groups excluding carboxylic acids is 2. The third kappa shape index (κ3) is 3.43. The van der Waals surface area contributed by atoms with E-state index in [2.05, 4.69) is 15.6 Å². The minimum Gasteiger partial charge on any atom is -0.354 e. The third-order valence-electron chi connectivity index (χ3n) is 4.28. The van der Waals surface area contributed by atoms with Crippen molar-refractivity contribution in [3.63, 3.8) is 0 Å². The number of hydrogen-bond acceptors (Lipinski definition) is 4. The van der Waals surface area contributed by atoms with Gasteiger partial charge in [-0.05, 0) is 24.3 Å². The van der Waals surface area contributed by atoms with E-state index >= 15 is 0 Å². The Balaban J connectivity index is 1.31. The minimum absolute atomic E-state index is 0.121. The summed E-state index contributed by atoms with van der Waals surface area (Å²) in [6, 6.07) is 15.5. The van der Waals surface area contributed by atoms with Crippen LogP contribution in [0.3, 0.4) is 0 Å². The van der Waals surface area contributed by atoms with Crippen LogP contribution in [0.2, 0.25) is 0 Å². The van der Waals surface area contributed by atoms with E-state index in [1.165, 1.54) is 11.8 Å². The number of rotatable bonds is 5. The topological polar surface area (TPSA) is 76.0 Å². The lowest BCUT2D eigenvalue weighted by Crippen LogP contribution is -2.35. The van der Waals surface area contributed by atoms with Gasteiger partial charge in [-0.2, -0.15) is 0 Å². The number of benzene rings is 2. The monoisotopic (exact) mass is 366 g/mol. The highest BCUT2D eigenvalue weighted by Crippen LogP contribution is 2.36. The van der Waals surface area contributed by atoms with Gasteiger partial charge in [0.1, 0.15) is 0 Å². The van der Waals surface area contributed by atoms with Crippen LogP contribution in [0.15, 0.2) is 59.8 Å². The maximum Gasteiger partial charge on any atom is 0.238 e. The van der Waals surface area contributed by atoms with Gasteiger partial charge in [0.15, 0.2) is 0 Å². The van der Waals surface area contributed by atoms with Gasteiger partial charge in [-0.15, -0.1) is 11.8 Å². The first-order valence-corrected chi connectivity index (χ1v) is 9.32. The van der Waals surface area contributed by atoms with Crippen molar-refractivity contribution in [3.8, 4) is 0 Å². The zero-order valence-electron chi connectivity index (χ0n) is 14.0. The first kappa shape index (κ1) is 16.7. The van der Waals surface area contributed by atoms with E-state index in [4.69, 9.17) is 0 Å². The van der Waals surface area contributed by atoms with Crippen LogP contribution in [0.4, 0.5) is 5.69 Å². The molecule has 2 aromatic carbocycles. The van der Waals surface area contributed by atoms with Crippen LogP contribution >= 0.6 is 11.8 Å². The summed E-state index contributed by atoms with van der Waals surface area (Å²) in [4.78, 5) is 29.7. The van der Waals surface area contributed by atoms with Gasteiger partial charge in [0.05, 0.1) is 28.3 Å². The lowest BCUT2D eigenvalue weighted by Gasteiger charge is -2.23. The summed E-state index contributed by atoms with van der Waals surface area (Å²) in [5.41, 5.74) is 2.79. The predicted octanol–water partition coefficient (Wildman–Crippen LogP) is 2.66. The number of imidazole rings is 1. The fourth-order valence-corrected chi connectivity index (χ4v) is 4.08. The summed E-state index contributed by atoms with van der Waals surface area (Å²) in [5.74, 6) is -0.245. The highest BCUT2D eigenvalue weighted by atomic mass is 32.2. The number of thioether (sulfide) groups is 1. The van der Waals surface area contributed by atoms with Crippen LogP contribution < -0.4 is 10.6 Å². The van der Waals surface area contributed by atoms with E-state index < -0.39 is 5.25 Å². The molecule has 1 aromatic heterocycles. The van der Waals surface area contributed by atoms with E-state index in [1.54, 1.807) is 6.33 Å². The molecular formula is C19H18N4O2S. The Labute approximate surface area is 155 Å². The molecule has 0 bridgehead atoms. The molecule has 0 fully saturated rings. The van der Waals surface area contributed by atoms with Crippen LogP contribution in [0, 0.1) is 0 Å². The molecule has 6 nitrogen and oxygen atoms in total. The molecular weight excluding hydrogens is 348 g/mol. The van der Waals surface area contributed by atoms with Crippen molar-refractivity contribution in [1.82, 2.24) is 14.9 Å². The molecule has 0 saturated heterocycles. The lowest BCUT2D eigenvalue weighted by molar-refractivity contribution is -0.124. The Morgan fingerprint density at radius 1 is 1.19 bits per heavy atom. The van der Waals surface area contributed by atoms with Gasteiger partial charge in [-0.3, -0.25) is 9.59 Å². The van der Waals surface area contributed by atoms with E-state index in [0.717, 1.165) is 21.6 Å². The summed E-state index contributed by atoms with van der Waals surface area (Å²) in [7, 11) is 0. The van der Waals surface area contributed by atoms with Crippen molar-refractivity contribution in [3.05, 3.63) is 54.9 Å². The number of amides is 2. The maximum absolute atomic E-state index is 12.2. The van der Waals surface area contributed by atoms with Gasteiger partial charge >= 0.3 is 0 Å². The highest BCUT2D eigenvalue weighted by Gasteiger charge is 2.28. The van der Waals surface area contributed by atoms with Crippen LogP contribution in [0.5, 0.6) is 0 Å². The van der Waals surface area contributed by atoms with Crippen molar-refractivity contribution >= 4 is 40.3 Å². The van der Waals surface area contributed by atoms with Gasteiger partial charge in [0.25, 0.3) is 0 Å². The molecule has 26 heavy (non-hydrogen) atoms. The average Bonchev–Trinajstić information content (AvgIpc) is 3.06. The Bertz CT molecular complexity index is 969. The molecule has 2 N–H and O–H groups in total. The molecule has 0 radical (unpaired) electrons. The van der Waals surface area contributed by atoms with Crippen LogP contribution in [-0.2, 0) is 16.1 Å². The van der Waals surface area contributed by atoms with Gasteiger partial charge in [0, 0.05) is 24.4 Å². The molecule has 7 heteroatoms.